The van der Waals surface area contributed by atoms with E-state index >= 15 is 0 Å². The molecule has 0 aliphatic rings. The zero-order chi connectivity index (χ0) is 10.3. The maximum atomic E-state index is 11.1. The quantitative estimate of drug-likeness (QED) is 0.709. The molecule has 0 aliphatic carbocycles. The van der Waals surface area contributed by atoms with Crippen molar-refractivity contribution in [3.05, 3.63) is 35.4 Å². The molecule has 1 aromatic rings. The monoisotopic (exact) mass is 181 g/mol. The first-order valence-electron chi connectivity index (χ1n) is 4.53. The maximum absolute atomic E-state index is 11.1. The molecule has 0 aromatic heterocycles. The molecule has 2 heteroatoms. The average molecular weight is 181 g/mol. The van der Waals surface area contributed by atoms with Crippen molar-refractivity contribution in [3.8, 4) is 0 Å². The molecule has 74 valence electrons. The minimum absolute atomic E-state index is 0. The molecule has 1 amide bonds. The SMILES string of the molecule is CC.CNC(=O)c1ccccc1C.[HH]. The lowest BCUT2D eigenvalue weighted by Gasteiger charge is -2.01. The first kappa shape index (κ1) is 11.7. The van der Waals surface area contributed by atoms with Crippen LogP contribution in [0.5, 0.6) is 0 Å². The van der Waals surface area contributed by atoms with Crippen LogP contribution in [0.1, 0.15) is 31.2 Å². The normalized spacial score (nSPS) is 8.31. The van der Waals surface area contributed by atoms with Crippen molar-refractivity contribution in [3.63, 3.8) is 0 Å². The molecular formula is C11H19NO. The Morgan fingerprint density at radius 1 is 1.31 bits per heavy atom. The summed E-state index contributed by atoms with van der Waals surface area (Å²) in [7, 11) is 1.63. The Bertz CT molecular complexity index is 274. The van der Waals surface area contributed by atoms with Crippen LogP contribution in [0.3, 0.4) is 0 Å². The highest BCUT2D eigenvalue weighted by molar-refractivity contribution is 5.95. The van der Waals surface area contributed by atoms with Gasteiger partial charge >= 0.3 is 0 Å². The van der Waals surface area contributed by atoms with Gasteiger partial charge in [0.25, 0.3) is 5.91 Å². The fourth-order valence-corrected chi connectivity index (χ4v) is 0.962. The average Bonchev–Trinajstić information content (AvgIpc) is 2.20. The van der Waals surface area contributed by atoms with Gasteiger partial charge in [0.2, 0.25) is 0 Å². The van der Waals surface area contributed by atoms with Gasteiger partial charge in [-0.3, -0.25) is 4.79 Å². The standard InChI is InChI=1S/C9H11NO.C2H6.H2/c1-7-5-3-4-6-8(7)9(11)10-2;1-2;/h3-6H,1-2H3,(H,10,11);1-2H3;1H. The van der Waals surface area contributed by atoms with E-state index in [0.717, 1.165) is 11.1 Å². The molecule has 1 N–H and O–H groups in total. The zero-order valence-corrected chi connectivity index (χ0v) is 8.72. The van der Waals surface area contributed by atoms with Crippen LogP contribution in [0.2, 0.25) is 0 Å². The van der Waals surface area contributed by atoms with Crippen molar-refractivity contribution in [2.75, 3.05) is 7.05 Å². The lowest BCUT2D eigenvalue weighted by atomic mass is 10.1. The lowest BCUT2D eigenvalue weighted by Crippen LogP contribution is -2.18. The largest absolute Gasteiger partial charge is 0.355 e. The van der Waals surface area contributed by atoms with Crippen LogP contribution in [0.15, 0.2) is 24.3 Å². The molecular weight excluding hydrogens is 162 g/mol. The number of rotatable bonds is 1. The van der Waals surface area contributed by atoms with Gasteiger partial charge < -0.3 is 5.32 Å². The third kappa shape index (κ3) is 3.28. The number of carbonyl (C=O) groups excluding carboxylic acids is 1. The second-order valence-electron chi connectivity index (χ2n) is 2.39. The van der Waals surface area contributed by atoms with Crippen LogP contribution in [0, 0.1) is 6.92 Å². The topological polar surface area (TPSA) is 29.1 Å². The van der Waals surface area contributed by atoms with Crippen LogP contribution >= 0.6 is 0 Å². The molecule has 0 atom stereocenters. The van der Waals surface area contributed by atoms with Gasteiger partial charge in [0.05, 0.1) is 0 Å². The summed E-state index contributed by atoms with van der Waals surface area (Å²) in [5.74, 6) is -0.0249. The summed E-state index contributed by atoms with van der Waals surface area (Å²) in [5.41, 5.74) is 1.75. The van der Waals surface area contributed by atoms with Crippen LogP contribution in [-0.4, -0.2) is 13.0 Å². The highest BCUT2D eigenvalue weighted by Gasteiger charge is 2.03. The van der Waals surface area contributed by atoms with E-state index in [1.165, 1.54) is 0 Å². The number of amides is 1. The molecule has 1 aromatic carbocycles. The van der Waals surface area contributed by atoms with Crippen molar-refractivity contribution in [2.24, 2.45) is 0 Å². The minimum atomic E-state index is -0.0249. The first-order chi connectivity index (χ1) is 6.25. The predicted molar refractivity (Wildman–Crippen MR) is 58.0 cm³/mol. The summed E-state index contributed by atoms with van der Waals surface area (Å²) in [4.78, 5) is 11.1. The Morgan fingerprint density at radius 2 is 1.85 bits per heavy atom. The van der Waals surface area contributed by atoms with Crippen molar-refractivity contribution < 1.29 is 6.22 Å². The van der Waals surface area contributed by atoms with E-state index < -0.39 is 0 Å². The lowest BCUT2D eigenvalue weighted by molar-refractivity contribution is 0.0962. The minimum Gasteiger partial charge on any atom is -0.355 e. The maximum Gasteiger partial charge on any atom is 0.251 e. The molecule has 0 saturated carbocycles. The number of nitrogens with one attached hydrogen (secondary N) is 1. The number of hydrogen-bond donors (Lipinski definition) is 1. The second kappa shape index (κ2) is 6.23. The van der Waals surface area contributed by atoms with Crippen molar-refractivity contribution in [1.82, 2.24) is 5.32 Å². The molecule has 0 unspecified atom stereocenters. The van der Waals surface area contributed by atoms with E-state index in [2.05, 4.69) is 5.32 Å². The molecule has 0 heterocycles. The van der Waals surface area contributed by atoms with Crippen LogP contribution < -0.4 is 5.32 Å². The van der Waals surface area contributed by atoms with Gasteiger partial charge in [-0.1, -0.05) is 32.0 Å². The molecule has 0 bridgehead atoms. The van der Waals surface area contributed by atoms with Gasteiger partial charge in [-0.15, -0.1) is 0 Å². The van der Waals surface area contributed by atoms with E-state index in [1.807, 2.05) is 45.0 Å². The summed E-state index contributed by atoms with van der Waals surface area (Å²) in [6.45, 7) is 5.92. The van der Waals surface area contributed by atoms with E-state index in [0.29, 0.717) is 0 Å². The van der Waals surface area contributed by atoms with Gasteiger partial charge in [-0.25, -0.2) is 0 Å². The van der Waals surface area contributed by atoms with Crippen LogP contribution in [0.4, 0.5) is 0 Å². The molecule has 2 nitrogen and oxygen atoms in total. The van der Waals surface area contributed by atoms with Gasteiger partial charge in [-0.05, 0) is 18.6 Å². The summed E-state index contributed by atoms with van der Waals surface area (Å²) < 4.78 is 0. The fourth-order valence-electron chi connectivity index (χ4n) is 0.962. The number of carbonyl (C=O) groups is 1. The van der Waals surface area contributed by atoms with Crippen LogP contribution in [-0.2, 0) is 0 Å². The Labute approximate surface area is 81.5 Å². The Morgan fingerprint density at radius 3 is 2.31 bits per heavy atom. The van der Waals surface area contributed by atoms with E-state index in [9.17, 15) is 4.79 Å². The molecule has 0 fully saturated rings. The van der Waals surface area contributed by atoms with Gasteiger partial charge in [0, 0.05) is 14.0 Å². The first-order valence-corrected chi connectivity index (χ1v) is 4.53. The number of hydrogen-bond acceptors (Lipinski definition) is 1. The Balaban J connectivity index is 0. The predicted octanol–water partition coefficient (Wildman–Crippen LogP) is 2.63. The second-order valence-corrected chi connectivity index (χ2v) is 2.39. The molecule has 13 heavy (non-hydrogen) atoms. The zero-order valence-electron chi connectivity index (χ0n) is 8.72. The summed E-state index contributed by atoms with van der Waals surface area (Å²) in [5, 5.41) is 2.58. The highest BCUT2D eigenvalue weighted by Crippen LogP contribution is 2.05. The fraction of sp³-hybridized carbons (Fsp3) is 0.364. The summed E-state index contributed by atoms with van der Waals surface area (Å²) in [6, 6.07) is 7.51. The highest BCUT2D eigenvalue weighted by atomic mass is 16.1. The third-order valence-corrected chi connectivity index (χ3v) is 1.62. The molecule has 0 spiro atoms. The van der Waals surface area contributed by atoms with Crippen LogP contribution in [0.25, 0.3) is 0 Å². The number of aryl methyl sites for hydroxylation is 1. The van der Waals surface area contributed by atoms with Crippen molar-refractivity contribution in [2.45, 2.75) is 20.8 Å². The summed E-state index contributed by atoms with van der Waals surface area (Å²) >= 11 is 0. The third-order valence-electron chi connectivity index (χ3n) is 1.62. The van der Waals surface area contributed by atoms with Gasteiger partial charge in [-0.2, -0.15) is 0 Å². The number of benzene rings is 1. The molecule has 0 aliphatic heterocycles. The van der Waals surface area contributed by atoms with Crippen molar-refractivity contribution in [1.29, 1.82) is 0 Å². The molecule has 0 radical (unpaired) electrons. The van der Waals surface area contributed by atoms with Crippen molar-refractivity contribution >= 4 is 5.91 Å². The Hall–Kier alpha value is -1.31. The molecule has 0 saturated heterocycles. The van der Waals surface area contributed by atoms with Gasteiger partial charge in [0.15, 0.2) is 0 Å². The summed E-state index contributed by atoms with van der Waals surface area (Å²) in [6.07, 6.45) is 0. The van der Waals surface area contributed by atoms with E-state index in [4.69, 9.17) is 0 Å². The van der Waals surface area contributed by atoms with E-state index in [1.54, 1.807) is 7.05 Å². The van der Waals surface area contributed by atoms with Gasteiger partial charge in [0.1, 0.15) is 0 Å². The smallest absolute Gasteiger partial charge is 0.251 e. The molecule has 1 rings (SSSR count). The Kier molecular flexibility index (Phi) is 5.60. The van der Waals surface area contributed by atoms with E-state index in [-0.39, 0.29) is 7.33 Å².